The van der Waals surface area contributed by atoms with Crippen molar-refractivity contribution in [2.75, 3.05) is 13.1 Å². The maximum atomic E-state index is 10.7. The predicted octanol–water partition coefficient (Wildman–Crippen LogP) is 2.12. The highest BCUT2D eigenvalue weighted by Gasteiger charge is 2.15. The molecule has 0 saturated carbocycles. The molecule has 1 unspecified atom stereocenters. The average Bonchev–Trinajstić information content (AvgIpc) is 2.68. The molecule has 0 aliphatic heterocycles. The highest BCUT2D eigenvalue weighted by atomic mass is 16.4. The summed E-state index contributed by atoms with van der Waals surface area (Å²) in [5.74, 6) is -0.909. The Balaban J connectivity index is 2.81. The van der Waals surface area contributed by atoms with E-state index < -0.39 is 5.97 Å². The van der Waals surface area contributed by atoms with E-state index in [-0.39, 0.29) is 11.7 Å². The predicted molar refractivity (Wildman–Crippen MR) is 59.1 cm³/mol. The molecule has 1 aromatic rings. The van der Waals surface area contributed by atoms with E-state index in [1.807, 2.05) is 0 Å². The monoisotopic (exact) mass is 210 g/mol. The van der Waals surface area contributed by atoms with Crippen molar-refractivity contribution in [1.29, 1.82) is 0 Å². The van der Waals surface area contributed by atoms with E-state index in [0.29, 0.717) is 0 Å². The van der Waals surface area contributed by atoms with Crippen molar-refractivity contribution in [3.63, 3.8) is 0 Å². The second-order valence-electron chi connectivity index (χ2n) is 3.55. The largest absolute Gasteiger partial charge is 0.477 e. The van der Waals surface area contributed by atoms with Crippen molar-refractivity contribution in [2.45, 2.75) is 26.8 Å². The number of hydrogen-bond acceptors (Lipinski definition) is 2. The summed E-state index contributed by atoms with van der Waals surface area (Å²) in [5, 5.41) is 8.79. The normalized spacial score (nSPS) is 13.1. The number of aromatic nitrogens is 1. The van der Waals surface area contributed by atoms with Gasteiger partial charge in [0.1, 0.15) is 5.69 Å². The Morgan fingerprint density at radius 3 is 2.53 bits per heavy atom. The van der Waals surface area contributed by atoms with Gasteiger partial charge in [0, 0.05) is 12.2 Å². The minimum atomic E-state index is -0.909. The van der Waals surface area contributed by atoms with Gasteiger partial charge in [0.2, 0.25) is 0 Å². The smallest absolute Gasteiger partial charge is 0.352 e. The lowest BCUT2D eigenvalue weighted by atomic mass is 10.1. The lowest BCUT2D eigenvalue weighted by Gasteiger charge is -2.25. The molecule has 1 heterocycles. The molecule has 1 atom stereocenters. The molecule has 84 valence electrons. The van der Waals surface area contributed by atoms with E-state index in [9.17, 15) is 4.79 Å². The number of carbonyl (C=O) groups is 1. The van der Waals surface area contributed by atoms with Gasteiger partial charge in [0.05, 0.1) is 0 Å². The summed E-state index contributed by atoms with van der Waals surface area (Å²) >= 11 is 0. The number of H-pyrrole nitrogens is 1. The summed E-state index contributed by atoms with van der Waals surface area (Å²) in [5.41, 5.74) is 1.28. The minimum absolute atomic E-state index is 0.254. The van der Waals surface area contributed by atoms with Crippen molar-refractivity contribution in [1.82, 2.24) is 9.88 Å². The maximum absolute atomic E-state index is 10.7. The Kier molecular flexibility index (Phi) is 3.91. The van der Waals surface area contributed by atoms with Gasteiger partial charge >= 0.3 is 5.97 Å². The first-order chi connectivity index (χ1) is 7.10. The molecule has 2 N–H and O–H groups in total. The van der Waals surface area contributed by atoms with Gasteiger partial charge in [0.15, 0.2) is 0 Å². The van der Waals surface area contributed by atoms with Crippen LogP contribution in [-0.2, 0) is 0 Å². The molecule has 4 heteroatoms. The highest BCUT2D eigenvalue weighted by Crippen LogP contribution is 2.20. The maximum Gasteiger partial charge on any atom is 0.352 e. The third-order valence-corrected chi connectivity index (χ3v) is 2.78. The van der Waals surface area contributed by atoms with Gasteiger partial charge in [-0.2, -0.15) is 0 Å². The number of hydrogen-bond donors (Lipinski definition) is 2. The molecule has 15 heavy (non-hydrogen) atoms. The minimum Gasteiger partial charge on any atom is -0.477 e. The van der Waals surface area contributed by atoms with Crippen LogP contribution >= 0.6 is 0 Å². The zero-order chi connectivity index (χ0) is 11.4. The lowest BCUT2D eigenvalue weighted by Crippen LogP contribution is -2.26. The molecule has 0 radical (unpaired) electrons. The molecule has 0 aliphatic rings. The van der Waals surface area contributed by atoms with Crippen molar-refractivity contribution >= 4 is 5.97 Å². The number of nitrogens with one attached hydrogen (secondary N) is 1. The standard InChI is InChI=1S/C11H18N2O2/c1-4-13(5-2)8(3)9-6-10(11(14)15)12-7-9/h6-8,12H,4-5H2,1-3H3,(H,14,15). The molecule has 1 rings (SSSR count). The Labute approximate surface area is 89.9 Å². The SMILES string of the molecule is CCN(CC)C(C)c1c[nH]c(C(=O)O)c1. The van der Waals surface area contributed by atoms with Crippen LogP contribution in [0.3, 0.4) is 0 Å². The van der Waals surface area contributed by atoms with E-state index in [1.54, 1.807) is 12.3 Å². The molecule has 1 aromatic heterocycles. The molecule has 0 spiro atoms. The third-order valence-electron chi connectivity index (χ3n) is 2.78. The van der Waals surface area contributed by atoms with E-state index in [1.165, 1.54) is 0 Å². The number of rotatable bonds is 5. The zero-order valence-electron chi connectivity index (χ0n) is 9.45. The first-order valence-corrected chi connectivity index (χ1v) is 5.25. The van der Waals surface area contributed by atoms with Crippen LogP contribution in [0.4, 0.5) is 0 Å². The molecular weight excluding hydrogens is 192 g/mol. The van der Waals surface area contributed by atoms with Gasteiger partial charge in [-0.1, -0.05) is 13.8 Å². The van der Waals surface area contributed by atoms with Crippen LogP contribution in [0.25, 0.3) is 0 Å². The van der Waals surface area contributed by atoms with Crippen LogP contribution in [-0.4, -0.2) is 34.0 Å². The summed E-state index contributed by atoms with van der Waals surface area (Å²) in [6, 6.07) is 1.95. The number of aromatic carboxylic acids is 1. The Hall–Kier alpha value is -1.29. The first-order valence-electron chi connectivity index (χ1n) is 5.25. The zero-order valence-corrected chi connectivity index (χ0v) is 9.45. The Bertz CT molecular complexity index is 329. The molecule has 4 nitrogen and oxygen atoms in total. The molecule has 0 fully saturated rings. The average molecular weight is 210 g/mol. The molecule has 0 aliphatic carbocycles. The Morgan fingerprint density at radius 2 is 2.13 bits per heavy atom. The third kappa shape index (κ3) is 2.59. The fourth-order valence-electron chi connectivity index (χ4n) is 1.76. The summed E-state index contributed by atoms with van der Waals surface area (Å²) in [7, 11) is 0. The lowest BCUT2D eigenvalue weighted by molar-refractivity contribution is 0.0691. The highest BCUT2D eigenvalue weighted by molar-refractivity contribution is 5.85. The van der Waals surface area contributed by atoms with Crippen LogP contribution in [0.5, 0.6) is 0 Å². The van der Waals surface area contributed by atoms with Crippen molar-refractivity contribution < 1.29 is 9.90 Å². The molecule has 0 aromatic carbocycles. The first kappa shape index (κ1) is 11.8. The molecule has 0 amide bonds. The Morgan fingerprint density at radius 1 is 1.53 bits per heavy atom. The second-order valence-corrected chi connectivity index (χ2v) is 3.55. The van der Waals surface area contributed by atoms with Crippen molar-refractivity contribution in [3.8, 4) is 0 Å². The number of carboxylic acid groups (broad SMARTS) is 1. The number of carboxylic acids is 1. The number of aromatic amines is 1. The van der Waals surface area contributed by atoms with E-state index in [2.05, 4.69) is 30.7 Å². The van der Waals surface area contributed by atoms with Crippen LogP contribution in [0.15, 0.2) is 12.3 Å². The van der Waals surface area contributed by atoms with Gasteiger partial charge in [0.25, 0.3) is 0 Å². The number of nitrogens with zero attached hydrogens (tertiary/aromatic N) is 1. The van der Waals surface area contributed by atoms with Gasteiger partial charge in [-0.05, 0) is 31.6 Å². The van der Waals surface area contributed by atoms with Gasteiger partial charge < -0.3 is 10.1 Å². The van der Waals surface area contributed by atoms with E-state index >= 15 is 0 Å². The molecule has 0 saturated heterocycles. The summed E-state index contributed by atoms with van der Waals surface area (Å²) in [4.78, 5) is 15.7. The summed E-state index contributed by atoms with van der Waals surface area (Å²) in [6.45, 7) is 8.22. The fraction of sp³-hybridized carbons (Fsp3) is 0.545. The van der Waals surface area contributed by atoms with Crippen LogP contribution < -0.4 is 0 Å². The quantitative estimate of drug-likeness (QED) is 0.782. The van der Waals surface area contributed by atoms with Crippen LogP contribution in [0.1, 0.15) is 42.9 Å². The van der Waals surface area contributed by atoms with E-state index in [0.717, 1.165) is 18.7 Å². The van der Waals surface area contributed by atoms with Gasteiger partial charge in [-0.25, -0.2) is 4.79 Å². The van der Waals surface area contributed by atoms with E-state index in [4.69, 9.17) is 5.11 Å². The molecule has 0 bridgehead atoms. The van der Waals surface area contributed by atoms with Crippen molar-refractivity contribution in [2.24, 2.45) is 0 Å². The van der Waals surface area contributed by atoms with Gasteiger partial charge in [-0.3, -0.25) is 4.90 Å². The summed E-state index contributed by atoms with van der Waals surface area (Å²) in [6.07, 6.45) is 1.77. The summed E-state index contributed by atoms with van der Waals surface area (Å²) < 4.78 is 0. The topological polar surface area (TPSA) is 56.3 Å². The second kappa shape index (κ2) is 4.98. The van der Waals surface area contributed by atoms with Crippen LogP contribution in [0.2, 0.25) is 0 Å². The van der Waals surface area contributed by atoms with Crippen molar-refractivity contribution in [3.05, 3.63) is 23.5 Å². The van der Waals surface area contributed by atoms with Gasteiger partial charge in [-0.15, -0.1) is 0 Å². The fourth-order valence-corrected chi connectivity index (χ4v) is 1.76. The van der Waals surface area contributed by atoms with Crippen LogP contribution in [0, 0.1) is 0 Å². The molecular formula is C11H18N2O2.